The summed E-state index contributed by atoms with van der Waals surface area (Å²) in [5.74, 6) is -5.12. The van der Waals surface area contributed by atoms with Gasteiger partial charge >= 0.3 is 83.0 Å². The molecule has 4 N–H and O–H groups in total. The SMILES string of the molecule is O=C(O)CN(C=CN(CC(=O)O)CC(=O)O)CC(=O)O.[H-].[H-].[Na+].[Na+]. The van der Waals surface area contributed by atoms with Gasteiger partial charge in [-0.3, -0.25) is 19.2 Å². The van der Waals surface area contributed by atoms with E-state index in [1.165, 1.54) is 0 Å². The molecule has 22 heavy (non-hydrogen) atoms. The van der Waals surface area contributed by atoms with Gasteiger partial charge in [-0.15, -0.1) is 0 Å². The standard InChI is InChI=1S/C10H14N2O8.2Na.2H/c13-7(14)3-11(4-8(15)16)1-2-12(5-9(17)18)6-10(19)20;;;;/h1-2H,3-6H2,(H,13,14)(H,15,16)(H,17,18)(H,19,20);;;;/q;2*+1;2*-1. The molecule has 116 valence electrons. The van der Waals surface area contributed by atoms with E-state index < -0.39 is 50.1 Å². The summed E-state index contributed by atoms with van der Waals surface area (Å²) in [5, 5.41) is 34.3. The number of carboxylic acid groups (broad SMARTS) is 4. The number of carboxylic acids is 4. The summed E-state index contributed by atoms with van der Waals surface area (Å²) < 4.78 is 0. The van der Waals surface area contributed by atoms with Crippen LogP contribution in [0, 0.1) is 0 Å². The fourth-order valence-electron chi connectivity index (χ4n) is 1.21. The molecule has 10 nitrogen and oxygen atoms in total. The summed E-state index contributed by atoms with van der Waals surface area (Å²) in [7, 11) is 0. The first kappa shape index (κ1) is 26.1. The van der Waals surface area contributed by atoms with Gasteiger partial charge in [-0.25, -0.2) is 0 Å². The van der Waals surface area contributed by atoms with E-state index in [2.05, 4.69) is 0 Å². The van der Waals surface area contributed by atoms with Crippen LogP contribution in [-0.2, 0) is 19.2 Å². The van der Waals surface area contributed by atoms with Gasteiger partial charge in [0.15, 0.2) is 0 Å². The van der Waals surface area contributed by atoms with Crippen molar-refractivity contribution in [2.75, 3.05) is 26.2 Å². The second-order valence-electron chi connectivity index (χ2n) is 3.68. The molecule has 12 heteroatoms. The largest absolute Gasteiger partial charge is 1.00 e. The predicted molar refractivity (Wildman–Crippen MR) is 65.1 cm³/mol. The molecule has 0 fully saturated rings. The molecule has 0 aliphatic carbocycles. The van der Waals surface area contributed by atoms with Crippen LogP contribution >= 0.6 is 0 Å². The molecular formula is C10H16N2Na2O8. The molecule has 0 bridgehead atoms. The third kappa shape index (κ3) is 15.6. The Kier molecular flexibility index (Phi) is 16.5. The van der Waals surface area contributed by atoms with Crippen molar-refractivity contribution in [3.8, 4) is 0 Å². The van der Waals surface area contributed by atoms with Crippen LogP contribution in [0.5, 0.6) is 0 Å². The number of rotatable bonds is 10. The molecule has 0 unspecified atom stereocenters. The summed E-state index contributed by atoms with van der Waals surface area (Å²) in [6.07, 6.45) is 2.04. The number of nitrogens with zero attached hydrogens (tertiary/aromatic N) is 2. The van der Waals surface area contributed by atoms with Crippen molar-refractivity contribution >= 4 is 23.9 Å². The van der Waals surface area contributed by atoms with E-state index >= 15 is 0 Å². The normalized spacial score (nSPS) is 9.27. The Hall–Kier alpha value is -0.780. The van der Waals surface area contributed by atoms with Crippen LogP contribution in [0.25, 0.3) is 0 Å². The van der Waals surface area contributed by atoms with Crippen molar-refractivity contribution < 1.29 is 102 Å². The van der Waals surface area contributed by atoms with E-state index in [1.54, 1.807) is 0 Å². The molecule has 0 atom stereocenters. The van der Waals surface area contributed by atoms with Crippen LogP contribution < -0.4 is 59.1 Å². The van der Waals surface area contributed by atoms with Crippen molar-refractivity contribution in [2.24, 2.45) is 0 Å². The molecule has 0 aromatic heterocycles. The molecule has 0 amide bonds. The fraction of sp³-hybridized carbons (Fsp3) is 0.400. The predicted octanol–water partition coefficient (Wildman–Crippen LogP) is -7.37. The second kappa shape index (κ2) is 13.9. The van der Waals surface area contributed by atoms with E-state index in [9.17, 15) is 19.2 Å². The Balaban J connectivity index is -0.000000301. The molecule has 0 aromatic rings. The van der Waals surface area contributed by atoms with Crippen LogP contribution in [0.3, 0.4) is 0 Å². The third-order valence-electron chi connectivity index (χ3n) is 1.84. The van der Waals surface area contributed by atoms with Gasteiger partial charge in [0.05, 0.1) is 0 Å². The van der Waals surface area contributed by atoms with Crippen molar-refractivity contribution in [1.29, 1.82) is 0 Å². The minimum atomic E-state index is -1.28. The van der Waals surface area contributed by atoms with Crippen LogP contribution in [0.2, 0.25) is 0 Å². The molecule has 0 aromatic carbocycles. The van der Waals surface area contributed by atoms with Gasteiger partial charge in [-0.1, -0.05) is 0 Å². The summed E-state index contributed by atoms with van der Waals surface area (Å²) >= 11 is 0. The molecule has 0 radical (unpaired) electrons. The molecule has 0 aliphatic heterocycles. The van der Waals surface area contributed by atoms with Crippen LogP contribution in [0.4, 0.5) is 0 Å². The molecule has 0 heterocycles. The summed E-state index contributed by atoms with van der Waals surface area (Å²) in [5.41, 5.74) is 0. The van der Waals surface area contributed by atoms with E-state index in [4.69, 9.17) is 20.4 Å². The molecular weight excluding hydrogens is 322 g/mol. The van der Waals surface area contributed by atoms with Crippen molar-refractivity contribution in [3.63, 3.8) is 0 Å². The second-order valence-corrected chi connectivity index (χ2v) is 3.68. The molecule has 0 aliphatic rings. The first-order valence-electron chi connectivity index (χ1n) is 5.24. The molecule has 0 rings (SSSR count). The fourth-order valence-corrected chi connectivity index (χ4v) is 1.21. The van der Waals surface area contributed by atoms with Crippen molar-refractivity contribution in [2.45, 2.75) is 0 Å². The van der Waals surface area contributed by atoms with E-state index in [0.717, 1.165) is 22.2 Å². The van der Waals surface area contributed by atoms with Crippen molar-refractivity contribution in [1.82, 2.24) is 9.80 Å². The van der Waals surface area contributed by atoms with Crippen LogP contribution in [0.1, 0.15) is 2.85 Å². The summed E-state index contributed by atoms with van der Waals surface area (Å²) in [4.78, 5) is 43.9. The smallest absolute Gasteiger partial charge is 1.00 e. The average Bonchev–Trinajstić information content (AvgIpc) is 2.22. The van der Waals surface area contributed by atoms with E-state index in [1.807, 2.05) is 0 Å². The van der Waals surface area contributed by atoms with Gasteiger partial charge < -0.3 is 33.1 Å². The zero-order valence-electron chi connectivity index (χ0n) is 14.3. The first-order chi connectivity index (χ1) is 9.20. The Morgan fingerprint density at radius 3 is 0.955 bits per heavy atom. The van der Waals surface area contributed by atoms with Gasteiger partial charge in [0.2, 0.25) is 0 Å². The Bertz CT molecular complexity index is 369. The quantitative estimate of drug-likeness (QED) is 0.282. The Morgan fingerprint density at radius 2 is 0.818 bits per heavy atom. The summed E-state index contributed by atoms with van der Waals surface area (Å²) in [6, 6.07) is 0. The van der Waals surface area contributed by atoms with Gasteiger partial charge in [0, 0.05) is 12.4 Å². The number of carbonyl (C=O) groups is 4. The molecule has 0 spiro atoms. The minimum Gasteiger partial charge on any atom is -1.00 e. The van der Waals surface area contributed by atoms with Gasteiger partial charge in [-0.05, 0) is 0 Å². The minimum absolute atomic E-state index is 0. The number of hydrogen-bond acceptors (Lipinski definition) is 6. The topological polar surface area (TPSA) is 156 Å². The Labute approximate surface area is 172 Å². The average molecular weight is 338 g/mol. The number of aliphatic carboxylic acids is 4. The monoisotopic (exact) mass is 338 g/mol. The van der Waals surface area contributed by atoms with Crippen LogP contribution in [-0.4, -0.2) is 80.3 Å². The summed E-state index contributed by atoms with van der Waals surface area (Å²) in [6.45, 7) is -2.46. The third-order valence-corrected chi connectivity index (χ3v) is 1.84. The van der Waals surface area contributed by atoms with Gasteiger partial charge in [0.25, 0.3) is 0 Å². The van der Waals surface area contributed by atoms with Crippen molar-refractivity contribution in [3.05, 3.63) is 12.4 Å². The zero-order valence-corrected chi connectivity index (χ0v) is 16.3. The first-order valence-corrected chi connectivity index (χ1v) is 5.24. The Morgan fingerprint density at radius 1 is 0.636 bits per heavy atom. The zero-order chi connectivity index (χ0) is 15.7. The van der Waals surface area contributed by atoms with Gasteiger partial charge in [0.1, 0.15) is 26.2 Å². The maximum Gasteiger partial charge on any atom is 1.00 e. The van der Waals surface area contributed by atoms with E-state index in [0.29, 0.717) is 0 Å². The molecule has 0 saturated carbocycles. The van der Waals surface area contributed by atoms with E-state index in [-0.39, 0.29) is 62.0 Å². The van der Waals surface area contributed by atoms with Crippen LogP contribution in [0.15, 0.2) is 12.4 Å². The van der Waals surface area contributed by atoms with Gasteiger partial charge in [-0.2, -0.15) is 0 Å². The number of hydrogen-bond donors (Lipinski definition) is 4. The molecule has 0 saturated heterocycles. The maximum atomic E-state index is 10.5. The maximum absolute atomic E-state index is 10.5.